The molecule has 0 N–H and O–H groups in total. The Hall–Kier alpha value is -1.27. The van der Waals surface area contributed by atoms with Gasteiger partial charge < -0.3 is 0 Å². The Kier molecular flexibility index (Phi) is 2.90. The zero-order valence-corrected chi connectivity index (χ0v) is 10.4. The van der Waals surface area contributed by atoms with Crippen LogP contribution in [0.4, 0.5) is 0 Å². The molecule has 0 atom stereocenters. The summed E-state index contributed by atoms with van der Waals surface area (Å²) in [6.45, 7) is 0. The van der Waals surface area contributed by atoms with Crippen LogP contribution in [0.15, 0.2) is 42.5 Å². The van der Waals surface area contributed by atoms with E-state index in [4.69, 9.17) is 11.6 Å². The van der Waals surface area contributed by atoms with E-state index in [-0.39, 0.29) is 0 Å². The Morgan fingerprint density at radius 2 is 1.82 bits per heavy atom. The number of rotatable bonds is 3. The lowest BCUT2D eigenvalue weighted by Crippen LogP contribution is -1.86. The van der Waals surface area contributed by atoms with Crippen molar-refractivity contribution in [1.29, 1.82) is 0 Å². The maximum atomic E-state index is 5.95. The van der Waals surface area contributed by atoms with Crippen LogP contribution in [0.5, 0.6) is 0 Å². The molecule has 1 aliphatic rings. The average Bonchev–Trinajstić information content (AvgIpc) is 3.14. The molecule has 0 aromatic heterocycles. The summed E-state index contributed by atoms with van der Waals surface area (Å²) >= 11 is 5.95. The molecule has 0 unspecified atom stereocenters. The first-order valence-electron chi connectivity index (χ1n) is 6.08. The minimum Gasteiger partial charge on any atom is -0.0836 e. The first kappa shape index (κ1) is 10.9. The summed E-state index contributed by atoms with van der Waals surface area (Å²) in [5, 5.41) is 0.671. The van der Waals surface area contributed by atoms with Crippen LogP contribution in [-0.2, 0) is 6.42 Å². The highest BCUT2D eigenvalue weighted by Gasteiger charge is 2.21. The number of hydrogen-bond acceptors (Lipinski definition) is 0. The van der Waals surface area contributed by atoms with Gasteiger partial charge in [-0.25, -0.2) is 0 Å². The molecule has 1 aliphatic carbocycles. The van der Waals surface area contributed by atoms with Crippen molar-refractivity contribution in [2.24, 2.45) is 5.92 Å². The topological polar surface area (TPSA) is 0 Å². The smallest absolute Gasteiger partial charge is 0.0491 e. The third-order valence-electron chi connectivity index (χ3n) is 3.27. The number of hydrogen-bond donors (Lipinski definition) is 0. The van der Waals surface area contributed by atoms with E-state index in [1.54, 1.807) is 0 Å². The first-order valence-corrected chi connectivity index (χ1v) is 6.45. The lowest BCUT2D eigenvalue weighted by atomic mass is 10.0. The Morgan fingerprint density at radius 1 is 1.06 bits per heavy atom. The lowest BCUT2D eigenvalue weighted by molar-refractivity contribution is 0.832. The second-order valence-corrected chi connectivity index (χ2v) is 5.18. The zero-order valence-electron chi connectivity index (χ0n) is 9.62. The molecule has 2 aromatic carbocycles. The van der Waals surface area contributed by atoms with Crippen LogP contribution in [0.3, 0.4) is 0 Å². The van der Waals surface area contributed by atoms with Crippen molar-refractivity contribution in [1.82, 2.24) is 0 Å². The highest BCUT2D eigenvalue weighted by molar-refractivity contribution is 6.30. The van der Waals surface area contributed by atoms with Crippen molar-refractivity contribution in [3.8, 4) is 11.1 Å². The van der Waals surface area contributed by atoms with Crippen molar-refractivity contribution in [2.45, 2.75) is 19.3 Å². The Balaban J connectivity index is 1.83. The Labute approximate surface area is 107 Å². The van der Waals surface area contributed by atoms with E-state index in [0.717, 1.165) is 11.5 Å². The third-order valence-corrected chi connectivity index (χ3v) is 3.49. The first-order chi connectivity index (χ1) is 8.31. The van der Waals surface area contributed by atoms with Crippen LogP contribution in [0.2, 0.25) is 5.02 Å². The van der Waals surface area contributed by atoms with Gasteiger partial charge in [0.15, 0.2) is 0 Å². The largest absolute Gasteiger partial charge is 0.0836 e. The van der Waals surface area contributed by atoms with E-state index in [2.05, 4.69) is 30.3 Å². The highest BCUT2D eigenvalue weighted by Crippen LogP contribution is 2.33. The van der Waals surface area contributed by atoms with Crippen LogP contribution < -0.4 is 0 Å². The summed E-state index contributed by atoms with van der Waals surface area (Å²) < 4.78 is 0. The van der Waals surface area contributed by atoms with Gasteiger partial charge in [0, 0.05) is 11.1 Å². The fraction of sp³-hybridized carbons (Fsp3) is 0.250. The summed E-state index contributed by atoms with van der Waals surface area (Å²) in [6, 6.07) is 17.7. The van der Waals surface area contributed by atoms with Gasteiger partial charge in [-0.05, 0) is 47.9 Å². The van der Waals surface area contributed by atoms with Gasteiger partial charge in [-0.3, -0.25) is 0 Å². The van der Waals surface area contributed by atoms with Crippen molar-refractivity contribution in [2.75, 3.05) is 0 Å². The minimum atomic E-state index is 0.671. The van der Waals surface area contributed by atoms with Crippen LogP contribution in [0.1, 0.15) is 18.4 Å². The van der Waals surface area contributed by atoms with E-state index in [1.165, 1.54) is 30.4 Å². The number of halogens is 1. The molecular formula is C16H14Cl. The molecule has 0 spiro atoms. The van der Waals surface area contributed by atoms with Crippen LogP contribution in [-0.4, -0.2) is 0 Å². The normalized spacial score (nSPS) is 14.9. The molecule has 2 aromatic rings. The van der Waals surface area contributed by atoms with E-state index in [9.17, 15) is 0 Å². The van der Waals surface area contributed by atoms with Gasteiger partial charge >= 0.3 is 0 Å². The maximum Gasteiger partial charge on any atom is 0.0491 e. The molecule has 1 saturated carbocycles. The Morgan fingerprint density at radius 3 is 2.47 bits per heavy atom. The second kappa shape index (κ2) is 4.54. The van der Waals surface area contributed by atoms with Crippen LogP contribution in [0.25, 0.3) is 11.1 Å². The molecule has 1 radical (unpaired) electrons. The summed E-state index contributed by atoms with van der Waals surface area (Å²) in [4.78, 5) is 0. The third kappa shape index (κ3) is 2.70. The molecule has 3 rings (SSSR count). The van der Waals surface area contributed by atoms with Gasteiger partial charge in [0.1, 0.15) is 0 Å². The molecule has 85 valence electrons. The SMILES string of the molecule is Clc1[c]ccc(-c2ccc(CC3CC3)cc2)c1. The van der Waals surface area contributed by atoms with Gasteiger partial charge in [0.25, 0.3) is 0 Å². The monoisotopic (exact) mass is 241 g/mol. The fourth-order valence-electron chi connectivity index (χ4n) is 2.11. The molecule has 0 bridgehead atoms. The molecule has 1 heteroatoms. The van der Waals surface area contributed by atoms with Crippen molar-refractivity contribution >= 4 is 11.6 Å². The molecule has 0 amide bonds. The molecule has 1 fully saturated rings. The zero-order chi connectivity index (χ0) is 11.7. The molecule has 0 aliphatic heterocycles. The average molecular weight is 242 g/mol. The van der Waals surface area contributed by atoms with Gasteiger partial charge in [0.2, 0.25) is 0 Å². The van der Waals surface area contributed by atoms with Gasteiger partial charge in [-0.1, -0.05) is 48.0 Å². The second-order valence-electron chi connectivity index (χ2n) is 4.77. The molecule has 0 heterocycles. The fourth-order valence-corrected chi connectivity index (χ4v) is 2.29. The summed E-state index contributed by atoms with van der Waals surface area (Å²) in [6.07, 6.45) is 4.06. The van der Waals surface area contributed by atoms with Crippen molar-refractivity contribution in [3.05, 3.63) is 59.1 Å². The predicted molar refractivity (Wildman–Crippen MR) is 72.2 cm³/mol. The highest BCUT2D eigenvalue weighted by atomic mass is 35.5. The standard InChI is InChI=1S/C16H14Cl/c17-16-3-1-2-15(11-16)14-8-6-13(7-9-14)10-12-4-5-12/h1-2,6-9,11-12H,4-5,10H2. The summed E-state index contributed by atoms with van der Waals surface area (Å²) in [5.74, 6) is 0.946. The molecule has 0 saturated heterocycles. The van der Waals surface area contributed by atoms with Crippen LogP contribution >= 0.6 is 11.6 Å². The summed E-state index contributed by atoms with van der Waals surface area (Å²) in [5.41, 5.74) is 3.83. The van der Waals surface area contributed by atoms with E-state index >= 15 is 0 Å². The maximum absolute atomic E-state index is 5.95. The van der Waals surface area contributed by atoms with Crippen molar-refractivity contribution in [3.63, 3.8) is 0 Å². The van der Waals surface area contributed by atoms with E-state index < -0.39 is 0 Å². The predicted octanol–water partition coefficient (Wildman–Crippen LogP) is 4.76. The molecule has 17 heavy (non-hydrogen) atoms. The van der Waals surface area contributed by atoms with E-state index in [0.29, 0.717) is 5.02 Å². The van der Waals surface area contributed by atoms with Gasteiger partial charge in [-0.15, -0.1) is 0 Å². The molecule has 0 nitrogen and oxygen atoms in total. The van der Waals surface area contributed by atoms with Crippen LogP contribution in [0, 0.1) is 12.0 Å². The van der Waals surface area contributed by atoms with Gasteiger partial charge in [-0.2, -0.15) is 0 Å². The lowest BCUT2D eigenvalue weighted by Gasteiger charge is -2.04. The number of benzene rings is 2. The van der Waals surface area contributed by atoms with Crippen molar-refractivity contribution < 1.29 is 0 Å². The quantitative estimate of drug-likeness (QED) is 0.727. The Bertz CT molecular complexity index is 509. The van der Waals surface area contributed by atoms with E-state index in [1.807, 2.05) is 18.2 Å². The molecular weight excluding hydrogens is 228 g/mol. The summed E-state index contributed by atoms with van der Waals surface area (Å²) in [7, 11) is 0. The minimum absolute atomic E-state index is 0.671. The van der Waals surface area contributed by atoms with Gasteiger partial charge in [0.05, 0.1) is 0 Å².